The number of benzene rings is 1. The van der Waals surface area contributed by atoms with Crippen LogP contribution >= 0.6 is 0 Å². The zero-order chi connectivity index (χ0) is 9.47. The average molecular weight is 164 g/mol. The number of hydrogen-bond acceptors (Lipinski definition) is 0. The molecule has 0 aliphatic heterocycles. The van der Waals surface area contributed by atoms with Crippen LogP contribution in [0.4, 0.5) is 0 Å². The average Bonchev–Trinajstić information content (AvgIpc) is 2.47. The Labute approximate surface area is 89.2 Å². The molecule has 0 saturated carbocycles. The van der Waals surface area contributed by atoms with E-state index in [9.17, 15) is 0 Å². The van der Waals surface area contributed by atoms with Gasteiger partial charge in [0.2, 0.25) is 0 Å². The molecule has 2 rings (SSSR count). The van der Waals surface area contributed by atoms with E-state index in [0.29, 0.717) is 5.92 Å². The van der Waals surface area contributed by atoms with Crippen molar-refractivity contribution in [3.8, 4) is 0 Å². The van der Waals surface area contributed by atoms with Crippen molar-refractivity contribution in [2.45, 2.75) is 17.9 Å². The molecule has 0 aromatic heterocycles. The molecule has 0 amide bonds. The number of fused-ring (bicyclic) bond motifs is 1. The minimum atomic E-state index is 0.247. The maximum absolute atomic E-state index is 2.34. The summed E-state index contributed by atoms with van der Waals surface area (Å²) < 4.78 is 0.247. The molecule has 13 heavy (non-hydrogen) atoms. The van der Waals surface area contributed by atoms with Crippen LogP contribution in [0.1, 0.15) is 25.0 Å². The Kier molecular flexibility index (Phi) is 2.14. The van der Waals surface area contributed by atoms with Gasteiger partial charge in [-0.1, -0.05) is 0 Å². The molecule has 0 N–H and O–H groups in total. The first-order chi connectivity index (χ1) is 6.14. The first-order valence-corrected chi connectivity index (χ1v) is 4.93. The summed E-state index contributed by atoms with van der Waals surface area (Å²) in [6, 6.07) is 8.68. The first kappa shape index (κ1) is 9.13. The van der Waals surface area contributed by atoms with Gasteiger partial charge in [-0.25, -0.2) is 0 Å². The van der Waals surface area contributed by atoms with Gasteiger partial charge >= 0.3 is 89.1 Å². The van der Waals surface area contributed by atoms with Crippen molar-refractivity contribution in [3.63, 3.8) is 0 Å². The quantitative estimate of drug-likeness (QED) is 0.560. The van der Waals surface area contributed by atoms with Gasteiger partial charge in [-0.3, -0.25) is 0 Å². The van der Waals surface area contributed by atoms with E-state index >= 15 is 0 Å². The van der Waals surface area contributed by atoms with Crippen molar-refractivity contribution in [3.05, 3.63) is 41.5 Å². The molecule has 1 aliphatic rings. The van der Waals surface area contributed by atoms with Gasteiger partial charge in [0.25, 0.3) is 0 Å². The predicted octanol–water partition coefficient (Wildman–Crippen LogP) is 2.73. The van der Waals surface area contributed by atoms with E-state index in [1.54, 1.807) is 0 Å². The Morgan fingerprint density at radius 3 is 2.62 bits per heavy atom. The van der Waals surface area contributed by atoms with Gasteiger partial charge in [-0.15, -0.1) is 0 Å². The summed E-state index contributed by atoms with van der Waals surface area (Å²) in [6.07, 6.45) is 4.58. The molecule has 0 heterocycles. The third-order valence-electron chi connectivity index (χ3n) is 3.35. The van der Waals surface area contributed by atoms with Crippen molar-refractivity contribution in [1.82, 2.24) is 0 Å². The fourth-order valence-electron chi connectivity index (χ4n) is 1.99. The molecular formula is C12H13Li. The summed E-state index contributed by atoms with van der Waals surface area (Å²) in [7, 11) is 0. The standard InChI is InChI=1S/C12H13.Li/c1-9(2)11-8-7-10-5-3-4-6-12(10)11;/h3-9H,1-2H3;. The van der Waals surface area contributed by atoms with E-state index in [1.165, 1.54) is 11.1 Å². The van der Waals surface area contributed by atoms with Crippen LogP contribution < -0.4 is 0 Å². The van der Waals surface area contributed by atoms with Gasteiger partial charge in [0.05, 0.1) is 0 Å². The van der Waals surface area contributed by atoms with Crippen molar-refractivity contribution >= 4 is 23.8 Å². The molecule has 0 saturated heterocycles. The number of hydrogen-bond donors (Lipinski definition) is 0. The number of allylic oxidation sites excluding steroid dienone is 1. The minimum absolute atomic E-state index is 0.247. The summed E-state index contributed by atoms with van der Waals surface area (Å²) in [6.45, 7) is 4.57. The van der Waals surface area contributed by atoms with E-state index in [4.69, 9.17) is 0 Å². The summed E-state index contributed by atoms with van der Waals surface area (Å²) >= 11 is 2.32. The van der Waals surface area contributed by atoms with E-state index < -0.39 is 0 Å². The van der Waals surface area contributed by atoms with Crippen molar-refractivity contribution in [2.24, 2.45) is 5.92 Å². The summed E-state index contributed by atoms with van der Waals surface area (Å²) in [4.78, 5) is 0. The molecule has 1 aromatic rings. The Balaban J connectivity index is 2.55. The van der Waals surface area contributed by atoms with Gasteiger partial charge in [0, 0.05) is 0 Å². The van der Waals surface area contributed by atoms with Gasteiger partial charge in [-0.05, 0) is 0 Å². The summed E-state index contributed by atoms with van der Waals surface area (Å²) in [5.41, 5.74) is 2.86. The topological polar surface area (TPSA) is 0 Å². The van der Waals surface area contributed by atoms with Gasteiger partial charge in [0.1, 0.15) is 0 Å². The van der Waals surface area contributed by atoms with Crippen LogP contribution in [0.25, 0.3) is 6.08 Å². The van der Waals surface area contributed by atoms with Gasteiger partial charge in [0.15, 0.2) is 0 Å². The van der Waals surface area contributed by atoms with E-state index in [1.807, 2.05) is 0 Å². The van der Waals surface area contributed by atoms with Crippen molar-refractivity contribution in [1.29, 1.82) is 0 Å². The summed E-state index contributed by atoms with van der Waals surface area (Å²) in [5, 5.41) is 0. The molecule has 1 atom stereocenters. The van der Waals surface area contributed by atoms with Crippen LogP contribution in [0.15, 0.2) is 30.3 Å². The Hall–Kier alpha value is -0.443. The van der Waals surface area contributed by atoms with Crippen LogP contribution in [0.5, 0.6) is 0 Å². The Morgan fingerprint density at radius 1 is 1.23 bits per heavy atom. The molecule has 0 fully saturated rings. The fourth-order valence-corrected chi connectivity index (χ4v) is 1.99. The Morgan fingerprint density at radius 2 is 1.92 bits per heavy atom. The predicted molar refractivity (Wildman–Crippen MR) is 57.7 cm³/mol. The van der Waals surface area contributed by atoms with Crippen LogP contribution in [-0.2, 0) is 4.09 Å². The number of rotatable bonds is 1. The van der Waals surface area contributed by atoms with Gasteiger partial charge in [-0.2, -0.15) is 0 Å². The molecule has 62 valence electrons. The van der Waals surface area contributed by atoms with Crippen LogP contribution in [0.3, 0.4) is 0 Å². The molecule has 1 aromatic carbocycles. The molecule has 0 bridgehead atoms. The van der Waals surface area contributed by atoms with E-state index in [0.717, 1.165) is 0 Å². The second kappa shape index (κ2) is 3.05. The van der Waals surface area contributed by atoms with Crippen molar-refractivity contribution in [2.75, 3.05) is 0 Å². The summed E-state index contributed by atoms with van der Waals surface area (Å²) in [5.74, 6) is 0.660. The van der Waals surface area contributed by atoms with E-state index in [2.05, 4.69) is 68.0 Å². The monoisotopic (exact) mass is 164 g/mol. The Bertz CT molecular complexity index is 352. The molecule has 0 radical (unpaired) electrons. The van der Waals surface area contributed by atoms with Crippen molar-refractivity contribution < 1.29 is 0 Å². The van der Waals surface area contributed by atoms with E-state index in [-0.39, 0.29) is 4.09 Å². The fraction of sp³-hybridized carbons (Fsp3) is 0.333. The zero-order valence-corrected chi connectivity index (χ0v) is 8.54. The third-order valence-corrected chi connectivity index (χ3v) is 3.35. The van der Waals surface area contributed by atoms with Crippen LogP contribution in [-0.4, -0.2) is 17.7 Å². The maximum atomic E-state index is 2.34. The van der Waals surface area contributed by atoms with Crippen LogP contribution in [0.2, 0.25) is 0 Å². The zero-order valence-electron chi connectivity index (χ0n) is 8.54. The molecular weight excluding hydrogens is 151 g/mol. The molecule has 0 nitrogen and oxygen atoms in total. The third kappa shape index (κ3) is 1.29. The second-order valence-electron chi connectivity index (χ2n) is 4.36. The molecule has 1 heteroatoms. The molecule has 1 aliphatic carbocycles. The second-order valence-corrected chi connectivity index (χ2v) is 4.36. The molecule has 0 spiro atoms. The first-order valence-electron chi connectivity index (χ1n) is 4.93. The van der Waals surface area contributed by atoms with Crippen LogP contribution in [0, 0.1) is 5.92 Å². The normalized spacial score (nSPS) is 25.3. The van der Waals surface area contributed by atoms with Gasteiger partial charge < -0.3 is 0 Å². The molecule has 1 unspecified atom stereocenters. The SMILES string of the molecule is [Li][C]1(C(C)C)C=Cc2ccccc21.